The minimum absolute atomic E-state index is 0.0193. The molecule has 3 atom stereocenters. The number of piperidine rings is 1. The number of carbonyl (C=O) groups excluding carboxylic acids is 7. The van der Waals surface area contributed by atoms with E-state index in [1.54, 1.807) is 45.0 Å². The van der Waals surface area contributed by atoms with E-state index in [0.29, 0.717) is 59.3 Å². The lowest BCUT2D eigenvalue weighted by molar-refractivity contribution is -0.141. The van der Waals surface area contributed by atoms with Gasteiger partial charge in [-0.3, -0.25) is 43.4 Å². The SMILES string of the molecule is CC(C)(C)[C@H](NC(=O)c1cc2cc(C(F)(F)P(=O)(O)O)ccc2s1)C(=O)N1CCC[C@H]1C(=O)N(CCC(=O)NCCCC#Cc1cccc2c1CN(C1CCC(=O)NC1=O)C2=O)c1ccc(-c2ccccc2)cc1. The molecule has 74 heavy (non-hydrogen) atoms. The number of nitrogens with one attached hydrogen (secondary N) is 3. The Kier molecular flexibility index (Phi) is 15.7. The second-order valence-electron chi connectivity index (χ2n) is 19.6. The van der Waals surface area contributed by atoms with Crippen LogP contribution in [0.2, 0.25) is 0 Å². The number of hydrogen-bond donors (Lipinski definition) is 5. The van der Waals surface area contributed by atoms with Gasteiger partial charge in [-0.25, -0.2) is 0 Å². The van der Waals surface area contributed by atoms with Crippen LogP contribution in [0.4, 0.5) is 14.5 Å². The summed E-state index contributed by atoms with van der Waals surface area (Å²) < 4.78 is 41.0. The quantitative estimate of drug-likeness (QED) is 0.0311. The van der Waals surface area contributed by atoms with E-state index >= 15 is 0 Å². The van der Waals surface area contributed by atoms with Crippen LogP contribution in [0, 0.1) is 17.3 Å². The Morgan fingerprint density at radius 3 is 2.36 bits per heavy atom. The minimum atomic E-state index is -5.84. The van der Waals surface area contributed by atoms with Crippen molar-refractivity contribution in [3.8, 4) is 23.0 Å². The first kappa shape index (κ1) is 53.2. The largest absolute Gasteiger partial charge is 0.399 e. The molecular formula is C54H55F2N6O10PS. The van der Waals surface area contributed by atoms with Gasteiger partial charge < -0.3 is 35.1 Å². The van der Waals surface area contributed by atoms with Crippen LogP contribution < -0.4 is 20.9 Å². The molecule has 1 aromatic heterocycles. The molecule has 8 rings (SSSR count). The molecular weight excluding hydrogens is 994 g/mol. The van der Waals surface area contributed by atoms with Gasteiger partial charge in [0.1, 0.15) is 18.1 Å². The van der Waals surface area contributed by atoms with Gasteiger partial charge in [0.05, 0.1) is 4.88 Å². The number of hydrogen-bond acceptors (Lipinski definition) is 9. The highest BCUT2D eigenvalue weighted by molar-refractivity contribution is 7.52. The first-order valence-electron chi connectivity index (χ1n) is 24.2. The Bertz CT molecular complexity index is 3140. The molecule has 1 unspecified atom stereocenters. The number of carbonyl (C=O) groups is 7. The highest BCUT2D eigenvalue weighted by Crippen LogP contribution is 2.59. The number of anilines is 1. The van der Waals surface area contributed by atoms with E-state index in [0.717, 1.165) is 34.6 Å². The van der Waals surface area contributed by atoms with E-state index in [1.807, 2.05) is 48.5 Å². The van der Waals surface area contributed by atoms with E-state index in [4.69, 9.17) is 0 Å². The molecule has 0 spiro atoms. The molecule has 4 heterocycles. The summed E-state index contributed by atoms with van der Waals surface area (Å²) in [6.07, 6.45) is 2.07. The zero-order chi connectivity index (χ0) is 53.1. The molecule has 7 amide bonds. The lowest BCUT2D eigenvalue weighted by Gasteiger charge is -2.36. The summed E-state index contributed by atoms with van der Waals surface area (Å²) >= 11 is 0.955. The van der Waals surface area contributed by atoms with Gasteiger partial charge in [-0.2, -0.15) is 8.78 Å². The van der Waals surface area contributed by atoms with E-state index in [9.17, 15) is 56.7 Å². The molecule has 0 aliphatic carbocycles. The Hall–Kier alpha value is -7.10. The molecule has 16 nitrogen and oxygen atoms in total. The molecule has 0 bridgehead atoms. The number of likely N-dealkylation sites (tertiary alicyclic amines) is 1. The molecule has 0 radical (unpaired) electrons. The van der Waals surface area contributed by atoms with E-state index in [1.165, 1.54) is 26.8 Å². The van der Waals surface area contributed by atoms with Gasteiger partial charge in [-0.1, -0.05) is 87.2 Å². The maximum atomic E-state index is 14.8. The topological polar surface area (TPSA) is 223 Å². The van der Waals surface area contributed by atoms with E-state index < -0.39 is 66.0 Å². The molecule has 5 aromatic rings. The zero-order valence-electron chi connectivity index (χ0n) is 40.9. The second kappa shape index (κ2) is 21.8. The number of nitrogens with zero attached hydrogens (tertiary/aromatic N) is 3. The van der Waals surface area contributed by atoms with Gasteiger partial charge in [-0.15, -0.1) is 11.3 Å². The Morgan fingerprint density at radius 2 is 1.66 bits per heavy atom. The molecule has 4 aromatic carbocycles. The number of rotatable bonds is 15. The molecule has 3 aliphatic heterocycles. The van der Waals surface area contributed by atoms with Crippen LogP contribution in [0.15, 0.2) is 97.1 Å². The summed E-state index contributed by atoms with van der Waals surface area (Å²) in [6, 6.07) is 23.8. The third-order valence-corrected chi connectivity index (χ3v) is 15.5. The third kappa shape index (κ3) is 11.5. The van der Waals surface area contributed by atoms with E-state index in [-0.39, 0.29) is 66.9 Å². The van der Waals surface area contributed by atoms with Crippen molar-refractivity contribution in [2.24, 2.45) is 5.41 Å². The lowest BCUT2D eigenvalue weighted by atomic mass is 9.85. The zero-order valence-corrected chi connectivity index (χ0v) is 42.6. The Morgan fingerprint density at radius 1 is 0.932 bits per heavy atom. The maximum Gasteiger partial charge on any atom is 0.399 e. The first-order valence-corrected chi connectivity index (χ1v) is 26.6. The summed E-state index contributed by atoms with van der Waals surface area (Å²) in [6.45, 7) is 5.96. The first-order chi connectivity index (χ1) is 35.1. The number of amides is 7. The van der Waals surface area contributed by atoms with Gasteiger partial charge in [-0.05, 0) is 95.6 Å². The lowest BCUT2D eigenvalue weighted by Crippen LogP contribution is -2.58. The number of alkyl halides is 2. The van der Waals surface area contributed by atoms with Crippen LogP contribution in [0.25, 0.3) is 21.2 Å². The molecule has 386 valence electrons. The number of unbranched alkanes of at least 4 members (excludes halogenated alkanes) is 1. The molecule has 3 aliphatic rings. The van der Waals surface area contributed by atoms with Crippen molar-refractivity contribution in [2.75, 3.05) is 24.5 Å². The highest BCUT2D eigenvalue weighted by atomic mass is 32.1. The third-order valence-electron chi connectivity index (χ3n) is 13.4. The fourth-order valence-corrected chi connectivity index (χ4v) is 10.8. The van der Waals surface area contributed by atoms with Gasteiger partial charge in [0.15, 0.2) is 0 Å². The summed E-state index contributed by atoms with van der Waals surface area (Å²) in [4.78, 5) is 117. The van der Waals surface area contributed by atoms with Crippen molar-refractivity contribution in [2.45, 2.75) is 96.1 Å². The van der Waals surface area contributed by atoms with Gasteiger partial charge >= 0.3 is 13.3 Å². The fourth-order valence-electron chi connectivity index (χ4n) is 9.39. The molecule has 0 saturated carbocycles. The molecule has 5 N–H and O–H groups in total. The summed E-state index contributed by atoms with van der Waals surface area (Å²) in [5, 5.41) is 8.19. The van der Waals surface area contributed by atoms with Crippen molar-refractivity contribution in [1.29, 1.82) is 0 Å². The Labute approximate surface area is 430 Å². The highest BCUT2D eigenvalue weighted by Gasteiger charge is 2.50. The molecule has 2 fully saturated rings. The predicted molar refractivity (Wildman–Crippen MR) is 274 cm³/mol. The van der Waals surface area contributed by atoms with Crippen LogP contribution in [-0.4, -0.2) is 98.7 Å². The maximum absolute atomic E-state index is 14.8. The summed E-state index contributed by atoms with van der Waals surface area (Å²) in [7, 11) is -5.84. The second-order valence-corrected chi connectivity index (χ2v) is 22.3. The van der Waals surface area contributed by atoms with Gasteiger partial charge in [0.2, 0.25) is 29.5 Å². The Balaban J connectivity index is 0.922. The van der Waals surface area contributed by atoms with Gasteiger partial charge in [0, 0.05) is 72.5 Å². The average Bonchev–Trinajstić information content (AvgIpc) is 4.12. The van der Waals surface area contributed by atoms with Crippen molar-refractivity contribution in [3.63, 3.8) is 0 Å². The normalized spacial score (nSPS) is 17.3. The van der Waals surface area contributed by atoms with Crippen molar-refractivity contribution in [1.82, 2.24) is 25.8 Å². The molecule has 2 saturated heterocycles. The van der Waals surface area contributed by atoms with Crippen LogP contribution in [0.1, 0.15) is 102 Å². The average molecular weight is 1050 g/mol. The van der Waals surface area contributed by atoms with Crippen LogP contribution >= 0.6 is 18.9 Å². The van der Waals surface area contributed by atoms with Gasteiger partial charge in [0.25, 0.3) is 11.8 Å². The van der Waals surface area contributed by atoms with Crippen LogP contribution in [0.3, 0.4) is 0 Å². The summed E-state index contributed by atoms with van der Waals surface area (Å²) in [5.41, 5.74) is -2.02. The number of fused-ring (bicyclic) bond motifs is 2. The monoisotopic (exact) mass is 1050 g/mol. The van der Waals surface area contributed by atoms with E-state index in [2.05, 4.69) is 27.8 Å². The number of thiophene rings is 1. The van der Waals surface area contributed by atoms with Crippen molar-refractivity contribution in [3.05, 3.63) is 124 Å². The van der Waals surface area contributed by atoms with Crippen molar-refractivity contribution < 1.29 is 56.7 Å². The van der Waals surface area contributed by atoms with Crippen LogP contribution in [-0.2, 0) is 40.7 Å². The van der Waals surface area contributed by atoms with Crippen LogP contribution in [0.5, 0.6) is 0 Å². The smallest absolute Gasteiger partial charge is 0.356 e. The fraction of sp³-hybridized carbons (Fsp3) is 0.352. The molecule has 20 heteroatoms. The number of imide groups is 1. The minimum Gasteiger partial charge on any atom is -0.356 e. The number of halogens is 2. The standard InChI is InChI=1S/C54H55F2N6O10PS/c1-53(2,3)47(59-49(66)44-31-36-30-37(20-24-43(36)74-44)54(55,56)73(70,71)72)52(69)61-28-11-17-42(61)51(68)60(38-21-18-34(19-22-38)33-12-6-4-7-13-33)29-26-45(63)57-27-9-5-8-14-35-15-10-16-39-40(35)32-62(50(39)67)41-23-25-46(64)58-48(41)65/h4,6-7,10,12-13,15-16,18-22,24,30-31,41-42,47H,5,9,11,17,23,25-29,32H2,1-3H3,(H,57,63)(H,59,66)(H,58,64,65)(H2,70,71,72)/t41?,42-,47+/m0/s1. The number of benzene rings is 4. The predicted octanol–water partition coefficient (Wildman–Crippen LogP) is 7.06. The summed E-state index contributed by atoms with van der Waals surface area (Å²) in [5.74, 6) is 3.20. The van der Waals surface area contributed by atoms with Crippen molar-refractivity contribution >= 4 is 76.1 Å².